The van der Waals surface area contributed by atoms with Gasteiger partial charge in [-0.05, 0) is 26.0 Å². The SMILES string of the molecule is CCOC(=O)C(OC(C)=O)(C(=O)OCC)c1c(C(=O)c2ccccc2)[nH]c2cc(Cl)c(Cl)cc12. The van der Waals surface area contributed by atoms with E-state index < -0.39 is 29.3 Å². The molecule has 0 aliphatic rings. The fourth-order valence-corrected chi connectivity index (χ4v) is 3.89. The molecule has 0 fully saturated rings. The van der Waals surface area contributed by atoms with Crippen molar-refractivity contribution in [1.29, 1.82) is 0 Å². The second-order valence-corrected chi connectivity index (χ2v) is 7.91. The van der Waals surface area contributed by atoms with Crippen molar-refractivity contribution in [2.75, 3.05) is 13.2 Å². The number of benzene rings is 2. The van der Waals surface area contributed by atoms with Crippen LogP contribution in [0.4, 0.5) is 0 Å². The zero-order valence-corrected chi connectivity index (χ0v) is 20.1. The number of H-pyrrole nitrogens is 1. The molecule has 0 atom stereocenters. The second kappa shape index (κ2) is 10.3. The molecule has 0 unspecified atom stereocenters. The topological polar surface area (TPSA) is 112 Å². The smallest absolute Gasteiger partial charge is 0.367 e. The van der Waals surface area contributed by atoms with E-state index in [1.807, 2.05) is 0 Å². The molecule has 2 aromatic carbocycles. The summed E-state index contributed by atoms with van der Waals surface area (Å²) in [5, 5.41) is 0.389. The minimum absolute atomic E-state index is 0.0811. The van der Waals surface area contributed by atoms with Crippen LogP contribution in [0.5, 0.6) is 0 Å². The highest BCUT2D eigenvalue weighted by Crippen LogP contribution is 2.41. The van der Waals surface area contributed by atoms with Crippen LogP contribution in [-0.4, -0.2) is 41.9 Å². The molecule has 0 saturated carbocycles. The summed E-state index contributed by atoms with van der Waals surface area (Å²) in [4.78, 5) is 55.3. The number of ether oxygens (including phenoxy) is 3. The van der Waals surface area contributed by atoms with Crippen molar-refractivity contribution in [3.63, 3.8) is 0 Å². The van der Waals surface area contributed by atoms with Crippen molar-refractivity contribution >= 4 is 57.8 Å². The third kappa shape index (κ3) is 4.51. The van der Waals surface area contributed by atoms with Gasteiger partial charge in [0.1, 0.15) is 0 Å². The lowest BCUT2D eigenvalue weighted by Crippen LogP contribution is -2.50. The van der Waals surface area contributed by atoms with Crippen LogP contribution in [0.1, 0.15) is 42.4 Å². The maximum atomic E-state index is 13.6. The number of fused-ring (bicyclic) bond motifs is 1. The Morgan fingerprint density at radius 3 is 2.00 bits per heavy atom. The zero-order valence-electron chi connectivity index (χ0n) is 18.6. The molecule has 34 heavy (non-hydrogen) atoms. The number of nitrogens with one attached hydrogen (secondary N) is 1. The molecule has 8 nitrogen and oxygen atoms in total. The fourth-order valence-electron chi connectivity index (χ4n) is 3.56. The Kier molecular flexibility index (Phi) is 7.64. The molecule has 0 amide bonds. The predicted octanol–water partition coefficient (Wildman–Crippen LogP) is 4.59. The Balaban J connectivity index is 2.49. The summed E-state index contributed by atoms with van der Waals surface area (Å²) in [6.07, 6.45) is 0. The Labute approximate surface area is 205 Å². The van der Waals surface area contributed by atoms with Crippen LogP contribution in [0.3, 0.4) is 0 Å². The highest BCUT2D eigenvalue weighted by molar-refractivity contribution is 6.43. The number of hydrogen-bond acceptors (Lipinski definition) is 7. The summed E-state index contributed by atoms with van der Waals surface area (Å²) in [5.41, 5.74) is -2.68. The normalized spacial score (nSPS) is 11.2. The number of rotatable bonds is 8. The Morgan fingerprint density at radius 2 is 1.47 bits per heavy atom. The summed E-state index contributed by atoms with van der Waals surface area (Å²) in [6, 6.07) is 10.9. The molecule has 10 heteroatoms. The first-order chi connectivity index (χ1) is 16.2. The van der Waals surface area contributed by atoms with E-state index in [9.17, 15) is 19.2 Å². The lowest BCUT2D eigenvalue weighted by Gasteiger charge is -2.29. The quantitative estimate of drug-likeness (QED) is 0.206. The van der Waals surface area contributed by atoms with Gasteiger partial charge in [-0.15, -0.1) is 0 Å². The maximum absolute atomic E-state index is 13.6. The molecular formula is C24H21Cl2NO7. The van der Waals surface area contributed by atoms with Crippen LogP contribution in [0.15, 0.2) is 42.5 Å². The van der Waals surface area contributed by atoms with E-state index in [1.165, 1.54) is 26.0 Å². The van der Waals surface area contributed by atoms with Gasteiger partial charge in [0.2, 0.25) is 5.78 Å². The standard InChI is InChI=1S/C24H21Cl2NO7/c1-4-32-22(30)24(34-13(3)28,23(31)33-5-2)19-15-11-16(25)17(26)12-18(15)27-20(19)21(29)14-9-7-6-8-10-14/h6-12,27H,4-5H2,1-3H3. The molecule has 0 spiro atoms. The predicted molar refractivity (Wildman–Crippen MR) is 125 cm³/mol. The molecule has 0 aliphatic heterocycles. The second-order valence-electron chi connectivity index (χ2n) is 7.10. The summed E-state index contributed by atoms with van der Waals surface area (Å²) in [5.74, 6) is -4.01. The molecule has 0 bridgehead atoms. The third-order valence-corrected chi connectivity index (χ3v) is 5.60. The van der Waals surface area contributed by atoms with Gasteiger partial charge >= 0.3 is 23.5 Å². The molecular weight excluding hydrogens is 485 g/mol. The number of carbonyl (C=O) groups is 4. The molecule has 1 heterocycles. The largest absolute Gasteiger partial charge is 0.462 e. The third-order valence-electron chi connectivity index (χ3n) is 4.88. The Morgan fingerprint density at radius 1 is 0.912 bits per heavy atom. The average Bonchev–Trinajstić information content (AvgIpc) is 3.16. The van der Waals surface area contributed by atoms with E-state index in [0.717, 1.165) is 6.92 Å². The van der Waals surface area contributed by atoms with E-state index in [4.69, 9.17) is 37.4 Å². The zero-order chi connectivity index (χ0) is 25.0. The first-order valence-corrected chi connectivity index (χ1v) is 11.1. The first kappa shape index (κ1) is 25.3. The number of aromatic nitrogens is 1. The van der Waals surface area contributed by atoms with Gasteiger partial charge in [-0.2, -0.15) is 0 Å². The molecule has 1 N–H and O–H groups in total. The summed E-state index contributed by atoms with van der Waals surface area (Å²) in [6.45, 7) is 3.77. The van der Waals surface area contributed by atoms with Gasteiger partial charge in [0.25, 0.3) is 0 Å². The van der Waals surface area contributed by atoms with Gasteiger partial charge in [0.15, 0.2) is 0 Å². The molecule has 1 aromatic heterocycles. The Bertz CT molecular complexity index is 1250. The monoisotopic (exact) mass is 505 g/mol. The van der Waals surface area contributed by atoms with Crippen LogP contribution < -0.4 is 0 Å². The van der Waals surface area contributed by atoms with Crippen LogP contribution >= 0.6 is 23.2 Å². The summed E-state index contributed by atoms with van der Waals surface area (Å²) < 4.78 is 15.7. The number of halogens is 2. The minimum atomic E-state index is -2.74. The maximum Gasteiger partial charge on any atom is 0.367 e. The van der Waals surface area contributed by atoms with Gasteiger partial charge in [-0.25, -0.2) is 9.59 Å². The Hall–Kier alpha value is -3.36. The number of hydrogen-bond donors (Lipinski definition) is 1. The lowest BCUT2D eigenvalue weighted by atomic mass is 9.88. The number of carbonyl (C=O) groups excluding carboxylic acids is 4. The van der Waals surface area contributed by atoms with Gasteiger partial charge in [-0.1, -0.05) is 53.5 Å². The van der Waals surface area contributed by atoms with Gasteiger partial charge in [0.05, 0.1) is 34.5 Å². The highest BCUT2D eigenvalue weighted by atomic mass is 35.5. The highest BCUT2D eigenvalue weighted by Gasteiger charge is 2.58. The van der Waals surface area contributed by atoms with Crippen molar-refractivity contribution < 1.29 is 33.4 Å². The fraction of sp³-hybridized carbons (Fsp3) is 0.250. The number of aromatic amines is 1. The van der Waals surface area contributed by atoms with E-state index in [0.29, 0.717) is 0 Å². The van der Waals surface area contributed by atoms with Crippen LogP contribution in [0.2, 0.25) is 10.0 Å². The van der Waals surface area contributed by atoms with Crippen LogP contribution in [0, 0.1) is 0 Å². The molecule has 178 valence electrons. The molecule has 3 aromatic rings. The van der Waals surface area contributed by atoms with Gasteiger partial charge in [0, 0.05) is 23.4 Å². The summed E-state index contributed by atoms with van der Waals surface area (Å²) in [7, 11) is 0. The summed E-state index contributed by atoms with van der Waals surface area (Å²) >= 11 is 12.4. The van der Waals surface area contributed by atoms with Crippen molar-refractivity contribution in [1.82, 2.24) is 4.98 Å². The van der Waals surface area contributed by atoms with E-state index >= 15 is 0 Å². The molecule has 3 rings (SSSR count). The van der Waals surface area contributed by atoms with Crippen LogP contribution in [-0.2, 0) is 34.2 Å². The van der Waals surface area contributed by atoms with Crippen molar-refractivity contribution in [2.24, 2.45) is 0 Å². The molecule has 0 aliphatic carbocycles. The number of ketones is 1. The van der Waals surface area contributed by atoms with E-state index in [-0.39, 0.29) is 51.0 Å². The molecule has 0 saturated heterocycles. The van der Waals surface area contributed by atoms with Crippen molar-refractivity contribution in [3.05, 3.63) is 69.3 Å². The van der Waals surface area contributed by atoms with Gasteiger partial charge in [-0.3, -0.25) is 9.59 Å². The van der Waals surface area contributed by atoms with Crippen LogP contribution in [0.25, 0.3) is 10.9 Å². The average molecular weight is 506 g/mol. The first-order valence-electron chi connectivity index (χ1n) is 10.3. The minimum Gasteiger partial charge on any atom is -0.462 e. The van der Waals surface area contributed by atoms with Crippen molar-refractivity contribution in [3.8, 4) is 0 Å². The van der Waals surface area contributed by atoms with Crippen molar-refractivity contribution in [2.45, 2.75) is 26.4 Å². The van der Waals surface area contributed by atoms with E-state index in [1.54, 1.807) is 30.3 Å². The lowest BCUT2D eigenvalue weighted by molar-refractivity contribution is -0.197. The molecule has 0 radical (unpaired) electrons. The number of esters is 3. The van der Waals surface area contributed by atoms with E-state index in [2.05, 4.69) is 4.98 Å². The van der Waals surface area contributed by atoms with Gasteiger partial charge < -0.3 is 19.2 Å².